The van der Waals surface area contributed by atoms with E-state index in [4.69, 9.17) is 10.8 Å². The SMILES string of the molecule is Nc1ccc(C(=O)O)c(-c2ccccn2)c1C(=O)O. The van der Waals surface area contributed by atoms with E-state index in [0.29, 0.717) is 0 Å². The molecule has 2 aromatic rings. The van der Waals surface area contributed by atoms with Gasteiger partial charge in [-0.25, -0.2) is 9.59 Å². The summed E-state index contributed by atoms with van der Waals surface area (Å²) in [6.07, 6.45) is 1.45. The molecule has 0 amide bonds. The lowest BCUT2D eigenvalue weighted by atomic mass is 9.96. The number of carboxylic acids is 2. The maximum absolute atomic E-state index is 11.3. The molecule has 0 saturated carbocycles. The molecule has 0 spiro atoms. The van der Waals surface area contributed by atoms with E-state index in [-0.39, 0.29) is 28.1 Å². The zero-order valence-electron chi connectivity index (χ0n) is 9.70. The standard InChI is InChI=1S/C13H10N2O4/c14-8-5-4-7(12(16)17)10(11(8)13(18)19)9-3-1-2-6-15-9/h1-6H,14H2,(H,16,17)(H,18,19). The van der Waals surface area contributed by atoms with E-state index in [1.807, 2.05) is 0 Å². The van der Waals surface area contributed by atoms with Gasteiger partial charge in [0.1, 0.15) is 0 Å². The van der Waals surface area contributed by atoms with Gasteiger partial charge in [0, 0.05) is 17.4 Å². The topological polar surface area (TPSA) is 114 Å². The van der Waals surface area contributed by atoms with Crippen molar-refractivity contribution < 1.29 is 19.8 Å². The Balaban J connectivity index is 2.85. The Morgan fingerprint density at radius 2 is 1.79 bits per heavy atom. The highest BCUT2D eigenvalue weighted by atomic mass is 16.4. The summed E-state index contributed by atoms with van der Waals surface area (Å²) in [6, 6.07) is 7.36. The van der Waals surface area contributed by atoms with Gasteiger partial charge in [0.2, 0.25) is 0 Å². The van der Waals surface area contributed by atoms with Crippen LogP contribution >= 0.6 is 0 Å². The fourth-order valence-electron chi connectivity index (χ4n) is 1.80. The summed E-state index contributed by atoms with van der Waals surface area (Å²) in [5.41, 5.74) is 5.49. The number of anilines is 1. The van der Waals surface area contributed by atoms with Crippen LogP contribution in [0.4, 0.5) is 5.69 Å². The van der Waals surface area contributed by atoms with E-state index in [2.05, 4.69) is 4.98 Å². The lowest BCUT2D eigenvalue weighted by Gasteiger charge is -2.11. The molecule has 4 N–H and O–H groups in total. The maximum Gasteiger partial charge on any atom is 0.338 e. The molecule has 0 aliphatic rings. The van der Waals surface area contributed by atoms with E-state index >= 15 is 0 Å². The third-order valence-corrected chi connectivity index (χ3v) is 2.60. The summed E-state index contributed by atoms with van der Waals surface area (Å²) < 4.78 is 0. The van der Waals surface area contributed by atoms with Crippen LogP contribution in [0.3, 0.4) is 0 Å². The van der Waals surface area contributed by atoms with Crippen molar-refractivity contribution in [3.8, 4) is 11.3 Å². The third kappa shape index (κ3) is 2.23. The van der Waals surface area contributed by atoms with Crippen LogP contribution < -0.4 is 5.73 Å². The second-order valence-corrected chi connectivity index (χ2v) is 3.78. The van der Waals surface area contributed by atoms with Gasteiger partial charge in [-0.05, 0) is 24.3 Å². The molecular formula is C13H10N2O4. The molecule has 0 saturated heterocycles. The number of aromatic nitrogens is 1. The molecular weight excluding hydrogens is 248 g/mol. The molecule has 0 radical (unpaired) electrons. The number of carboxylic acid groups (broad SMARTS) is 2. The van der Waals surface area contributed by atoms with Crippen molar-refractivity contribution in [2.24, 2.45) is 0 Å². The summed E-state index contributed by atoms with van der Waals surface area (Å²) in [5, 5.41) is 18.4. The lowest BCUT2D eigenvalue weighted by Crippen LogP contribution is -2.10. The number of aromatic carboxylic acids is 2. The maximum atomic E-state index is 11.3. The van der Waals surface area contributed by atoms with E-state index in [1.165, 1.54) is 24.4 Å². The van der Waals surface area contributed by atoms with Gasteiger partial charge in [-0.3, -0.25) is 4.98 Å². The van der Waals surface area contributed by atoms with Crippen LogP contribution in [0.15, 0.2) is 36.5 Å². The summed E-state index contributed by atoms with van der Waals surface area (Å²) >= 11 is 0. The molecule has 1 aromatic carbocycles. The molecule has 2 rings (SSSR count). The largest absolute Gasteiger partial charge is 0.478 e. The monoisotopic (exact) mass is 258 g/mol. The summed E-state index contributed by atoms with van der Waals surface area (Å²) in [5.74, 6) is -2.52. The van der Waals surface area contributed by atoms with Crippen LogP contribution in [0, 0.1) is 0 Å². The van der Waals surface area contributed by atoms with Gasteiger partial charge >= 0.3 is 11.9 Å². The first-order valence-corrected chi connectivity index (χ1v) is 5.33. The van der Waals surface area contributed by atoms with Gasteiger partial charge in [-0.15, -0.1) is 0 Å². The fraction of sp³-hybridized carbons (Fsp3) is 0. The highest BCUT2D eigenvalue weighted by Gasteiger charge is 2.23. The van der Waals surface area contributed by atoms with Crippen molar-refractivity contribution in [2.75, 3.05) is 5.73 Å². The second kappa shape index (κ2) is 4.77. The fourth-order valence-corrected chi connectivity index (χ4v) is 1.80. The number of hydrogen-bond acceptors (Lipinski definition) is 4. The Bertz CT molecular complexity index is 653. The van der Waals surface area contributed by atoms with E-state index in [0.717, 1.165) is 0 Å². The van der Waals surface area contributed by atoms with Crippen molar-refractivity contribution in [1.82, 2.24) is 4.98 Å². The molecule has 6 nitrogen and oxygen atoms in total. The first-order chi connectivity index (χ1) is 9.02. The number of nitrogen functional groups attached to an aromatic ring is 1. The number of pyridine rings is 1. The number of nitrogens with zero attached hydrogens (tertiary/aromatic N) is 1. The van der Waals surface area contributed by atoms with Crippen molar-refractivity contribution in [2.45, 2.75) is 0 Å². The molecule has 0 unspecified atom stereocenters. The van der Waals surface area contributed by atoms with Crippen LogP contribution in [0.2, 0.25) is 0 Å². The van der Waals surface area contributed by atoms with Gasteiger partial charge in [-0.1, -0.05) is 6.07 Å². The Morgan fingerprint density at radius 3 is 2.32 bits per heavy atom. The number of rotatable bonds is 3. The Hall–Kier alpha value is -2.89. The van der Waals surface area contributed by atoms with E-state index in [9.17, 15) is 14.7 Å². The third-order valence-electron chi connectivity index (χ3n) is 2.60. The predicted octanol–water partition coefficient (Wildman–Crippen LogP) is 1.73. The van der Waals surface area contributed by atoms with Crippen LogP contribution in [0.5, 0.6) is 0 Å². The average Bonchev–Trinajstić information content (AvgIpc) is 2.38. The average molecular weight is 258 g/mol. The van der Waals surface area contributed by atoms with Crippen LogP contribution in [-0.2, 0) is 0 Å². The molecule has 0 aliphatic heterocycles. The summed E-state index contributed by atoms with van der Waals surface area (Å²) in [4.78, 5) is 26.5. The van der Waals surface area contributed by atoms with Gasteiger partial charge in [-0.2, -0.15) is 0 Å². The number of hydrogen-bond donors (Lipinski definition) is 3. The summed E-state index contributed by atoms with van der Waals surface area (Å²) in [7, 11) is 0. The Kier molecular flexibility index (Phi) is 3.15. The van der Waals surface area contributed by atoms with Crippen molar-refractivity contribution >= 4 is 17.6 Å². The van der Waals surface area contributed by atoms with Crippen molar-refractivity contribution in [1.29, 1.82) is 0 Å². The number of nitrogens with two attached hydrogens (primary N) is 1. The highest BCUT2D eigenvalue weighted by molar-refractivity contribution is 6.07. The normalized spacial score (nSPS) is 10.1. The predicted molar refractivity (Wildman–Crippen MR) is 68.0 cm³/mol. The second-order valence-electron chi connectivity index (χ2n) is 3.78. The van der Waals surface area contributed by atoms with Gasteiger partial charge < -0.3 is 15.9 Å². The summed E-state index contributed by atoms with van der Waals surface area (Å²) in [6.45, 7) is 0. The first kappa shape index (κ1) is 12.6. The Labute approximate surface area is 108 Å². The minimum atomic E-state index is -1.29. The smallest absolute Gasteiger partial charge is 0.338 e. The molecule has 1 heterocycles. The number of benzene rings is 1. The minimum absolute atomic E-state index is 0.00171. The zero-order valence-corrected chi connectivity index (χ0v) is 9.70. The number of carbonyl (C=O) groups is 2. The molecule has 0 aliphatic carbocycles. The van der Waals surface area contributed by atoms with E-state index in [1.54, 1.807) is 12.1 Å². The Morgan fingerprint density at radius 1 is 1.05 bits per heavy atom. The van der Waals surface area contributed by atoms with Gasteiger partial charge in [0.25, 0.3) is 0 Å². The highest BCUT2D eigenvalue weighted by Crippen LogP contribution is 2.30. The lowest BCUT2D eigenvalue weighted by molar-refractivity contribution is 0.0696. The van der Waals surface area contributed by atoms with Gasteiger partial charge in [0.15, 0.2) is 0 Å². The molecule has 6 heteroatoms. The molecule has 1 aromatic heterocycles. The zero-order chi connectivity index (χ0) is 14.0. The minimum Gasteiger partial charge on any atom is -0.478 e. The van der Waals surface area contributed by atoms with Crippen molar-refractivity contribution in [3.05, 3.63) is 47.7 Å². The quantitative estimate of drug-likeness (QED) is 0.722. The van der Waals surface area contributed by atoms with E-state index < -0.39 is 11.9 Å². The molecule has 19 heavy (non-hydrogen) atoms. The van der Waals surface area contributed by atoms with Gasteiger partial charge in [0.05, 0.1) is 16.8 Å². The molecule has 0 atom stereocenters. The molecule has 96 valence electrons. The molecule has 0 bridgehead atoms. The first-order valence-electron chi connectivity index (χ1n) is 5.33. The van der Waals surface area contributed by atoms with Crippen LogP contribution in [0.1, 0.15) is 20.7 Å². The van der Waals surface area contributed by atoms with Crippen molar-refractivity contribution in [3.63, 3.8) is 0 Å². The molecule has 0 fully saturated rings. The van der Waals surface area contributed by atoms with Crippen LogP contribution in [-0.4, -0.2) is 27.1 Å². The van der Waals surface area contributed by atoms with Crippen LogP contribution in [0.25, 0.3) is 11.3 Å².